The van der Waals surface area contributed by atoms with Crippen LogP contribution in [0.2, 0.25) is 6.55 Å². The van der Waals surface area contributed by atoms with Crippen LogP contribution in [0.3, 0.4) is 0 Å². The van der Waals surface area contributed by atoms with Crippen LogP contribution in [0.15, 0.2) is 64.8 Å². The molecule has 0 N–H and O–H groups in total. The molecule has 0 fully saturated rings. The summed E-state index contributed by atoms with van der Waals surface area (Å²) in [6, 6.07) is 10.8. The minimum Gasteiger partial charge on any atom is -0.147 e. The van der Waals surface area contributed by atoms with Gasteiger partial charge in [0.25, 0.3) is 0 Å². The summed E-state index contributed by atoms with van der Waals surface area (Å²) in [4.78, 5) is 0. The van der Waals surface area contributed by atoms with E-state index in [1.54, 1.807) is 28.5 Å². The topological polar surface area (TPSA) is 0 Å². The van der Waals surface area contributed by atoms with Crippen LogP contribution in [-0.4, -0.2) is 5.43 Å². The average Bonchev–Trinajstić information content (AvgIpc) is 3.00. The number of allylic oxidation sites excluding steroid dienone is 8. The summed E-state index contributed by atoms with van der Waals surface area (Å²) >= 11 is 1.69. The molecule has 3 rings (SSSR count). The van der Waals surface area contributed by atoms with Gasteiger partial charge in [0.05, 0.1) is 0 Å². The molecule has 0 heterocycles. The van der Waals surface area contributed by atoms with Gasteiger partial charge in [0.15, 0.2) is 0 Å². The minimum atomic E-state index is -0.122. The maximum absolute atomic E-state index is 3.29. The predicted molar refractivity (Wildman–Crippen MR) is 123 cm³/mol. The minimum absolute atomic E-state index is 0. The summed E-state index contributed by atoms with van der Waals surface area (Å²) in [5.74, 6) is 1.12. The van der Waals surface area contributed by atoms with Gasteiger partial charge in [-0.25, -0.2) is 22.8 Å². The van der Waals surface area contributed by atoms with Crippen molar-refractivity contribution in [2.75, 3.05) is 0 Å². The Morgan fingerprint density at radius 3 is 1.67 bits per heavy atom. The molecule has 146 valence electrons. The Bertz CT molecular complexity index is 697. The number of halogens is 2. The first-order valence-electron chi connectivity index (χ1n) is 8.88. The summed E-state index contributed by atoms with van der Waals surface area (Å²) in [6.07, 6.45) is 11.0. The number of hydrogen-bond acceptors (Lipinski definition) is 0. The molecule has 0 nitrogen and oxygen atoms in total. The smallest absolute Gasteiger partial charge is 0.147 e. The Labute approximate surface area is 194 Å². The molecule has 0 amide bonds. The van der Waals surface area contributed by atoms with Crippen LogP contribution in [0.1, 0.15) is 41.5 Å². The van der Waals surface area contributed by atoms with Crippen molar-refractivity contribution >= 4 is 35.4 Å². The van der Waals surface area contributed by atoms with Gasteiger partial charge >= 0.3 is 70.8 Å². The van der Waals surface area contributed by atoms with E-state index in [-0.39, 0.29) is 30.2 Å². The van der Waals surface area contributed by atoms with E-state index >= 15 is 0 Å². The zero-order chi connectivity index (χ0) is 19.0. The molecule has 0 bridgehead atoms. The van der Waals surface area contributed by atoms with Gasteiger partial charge in [0, 0.05) is 0 Å². The van der Waals surface area contributed by atoms with E-state index in [1.807, 2.05) is 0 Å². The normalized spacial score (nSPS) is 19.4. The molecule has 2 unspecified atom stereocenters. The summed E-state index contributed by atoms with van der Waals surface area (Å²) in [5.41, 5.74) is 5.30. The fourth-order valence-corrected chi connectivity index (χ4v) is 4.57. The molecule has 0 saturated carbocycles. The first-order chi connectivity index (χ1) is 11.7. The second-order valence-corrected chi connectivity index (χ2v) is 14.2. The molecule has 4 heteroatoms. The first kappa shape index (κ1) is 29.1. The molecule has 1 aromatic rings. The van der Waals surface area contributed by atoms with Gasteiger partial charge in [0.2, 0.25) is 0 Å². The Morgan fingerprint density at radius 2 is 1.48 bits per heavy atom. The third kappa shape index (κ3) is 11.4. The average molecular weight is 499 g/mol. The van der Waals surface area contributed by atoms with Crippen LogP contribution in [-0.2, 0) is 23.3 Å². The van der Waals surface area contributed by atoms with Gasteiger partial charge in [-0.3, -0.25) is 12.2 Å². The largest absolute Gasteiger partial charge is 0.147 e. The molecule has 1 aromatic carbocycles. The monoisotopic (exact) mass is 496 g/mol. The summed E-state index contributed by atoms with van der Waals surface area (Å²) in [5, 5.41) is 1.56. The van der Waals surface area contributed by atoms with Crippen LogP contribution in [0.25, 0.3) is 0 Å². The second-order valence-electron chi connectivity index (χ2n) is 6.84. The van der Waals surface area contributed by atoms with E-state index < -0.39 is 0 Å². The standard InChI is InChI=1S/2C8H11.C7H8Si.2ClH.Zr/c2*1-6-4-7(2)8(3)5-6;1-8-7-5-3-2-4-6-7;;;/h4,8H,1-3H3;4,6H,1-3H3;2-6H,1H3;2*1H;/q2*-1;;;;+2. The molecule has 27 heavy (non-hydrogen) atoms. The Balaban J connectivity index is 0. The summed E-state index contributed by atoms with van der Waals surface area (Å²) in [7, 11) is 0. The van der Waals surface area contributed by atoms with Gasteiger partial charge in [-0.2, -0.15) is 11.6 Å². The molecule has 0 aliphatic heterocycles. The van der Waals surface area contributed by atoms with Crippen molar-refractivity contribution in [1.82, 2.24) is 0 Å². The molecule has 0 spiro atoms. The second kappa shape index (κ2) is 14.8. The fourth-order valence-electron chi connectivity index (χ4n) is 2.65. The van der Waals surface area contributed by atoms with Crippen molar-refractivity contribution in [2.24, 2.45) is 11.8 Å². The summed E-state index contributed by atoms with van der Waals surface area (Å²) in [6.45, 7) is 15.1. The quantitative estimate of drug-likeness (QED) is 0.303. The van der Waals surface area contributed by atoms with Crippen molar-refractivity contribution in [3.05, 3.63) is 76.9 Å². The predicted octanol–water partition coefficient (Wildman–Crippen LogP) is 6.57. The van der Waals surface area contributed by atoms with Gasteiger partial charge in [0.1, 0.15) is 0 Å². The third-order valence-corrected chi connectivity index (χ3v) is 7.64. The zero-order valence-corrected chi connectivity index (χ0v) is 22.6. The van der Waals surface area contributed by atoms with Gasteiger partial charge in [-0.15, -0.1) is 31.7 Å². The van der Waals surface area contributed by atoms with E-state index in [0.717, 1.165) is 0 Å². The Hall–Kier alpha value is -0.140. The zero-order valence-electron chi connectivity index (χ0n) is 17.5. The molecule has 0 radical (unpaired) electrons. The molecule has 0 aromatic heterocycles. The van der Waals surface area contributed by atoms with Crippen LogP contribution < -0.4 is 5.19 Å². The molecule has 2 atom stereocenters. The molecule has 2 aliphatic carbocycles. The Morgan fingerprint density at radius 1 is 0.926 bits per heavy atom. The van der Waals surface area contributed by atoms with Gasteiger partial charge < -0.3 is 0 Å². The SMILES string of the molecule is CC1=[C-]C(C)C(C)=C1.CC1=[C-]C(C)C=C1C.C[Si](=[Zr+2])c1ccccc1.Cl.Cl. The van der Waals surface area contributed by atoms with Crippen molar-refractivity contribution in [3.8, 4) is 0 Å². The van der Waals surface area contributed by atoms with E-state index in [2.05, 4.69) is 103 Å². The van der Waals surface area contributed by atoms with Crippen molar-refractivity contribution < 1.29 is 23.3 Å². The maximum atomic E-state index is 3.29. The van der Waals surface area contributed by atoms with Crippen LogP contribution in [0.5, 0.6) is 0 Å². The van der Waals surface area contributed by atoms with E-state index in [1.165, 1.54) is 22.3 Å². The van der Waals surface area contributed by atoms with E-state index in [4.69, 9.17) is 0 Å². The van der Waals surface area contributed by atoms with Crippen LogP contribution in [0.4, 0.5) is 0 Å². The van der Waals surface area contributed by atoms with Crippen molar-refractivity contribution in [2.45, 2.75) is 48.1 Å². The van der Waals surface area contributed by atoms with Gasteiger partial charge in [-0.05, 0) is 0 Å². The van der Waals surface area contributed by atoms with E-state index in [0.29, 0.717) is 11.8 Å². The molecular weight excluding hydrogens is 466 g/mol. The third-order valence-electron chi connectivity index (χ3n) is 4.31. The van der Waals surface area contributed by atoms with Crippen LogP contribution in [0, 0.1) is 24.0 Å². The molecular formula is C23H32Cl2SiZr. The van der Waals surface area contributed by atoms with E-state index in [9.17, 15) is 0 Å². The van der Waals surface area contributed by atoms with Gasteiger partial charge in [-0.1, -0.05) is 46.5 Å². The first-order valence-corrected chi connectivity index (χ1v) is 14.6. The Kier molecular flexibility index (Phi) is 15.9. The van der Waals surface area contributed by atoms with Crippen molar-refractivity contribution in [3.63, 3.8) is 0 Å². The van der Waals surface area contributed by atoms with Crippen molar-refractivity contribution in [1.29, 1.82) is 0 Å². The molecule has 0 saturated heterocycles. The number of rotatable bonds is 1. The number of benzene rings is 1. The maximum Gasteiger partial charge on any atom is -0.147 e. The molecule has 2 aliphatic rings. The fraction of sp³-hybridized carbons (Fsp3) is 0.391. The van der Waals surface area contributed by atoms with Crippen LogP contribution >= 0.6 is 24.8 Å². The number of hydrogen-bond donors (Lipinski definition) is 0. The summed E-state index contributed by atoms with van der Waals surface area (Å²) < 4.78 is 0.